The Labute approximate surface area is 120 Å². The van der Waals surface area contributed by atoms with Gasteiger partial charge in [-0.1, -0.05) is 0 Å². The van der Waals surface area contributed by atoms with Crippen LogP contribution in [-0.4, -0.2) is 24.8 Å². The fourth-order valence-corrected chi connectivity index (χ4v) is 2.65. The van der Waals surface area contributed by atoms with Crippen LogP contribution in [-0.2, 0) is 22.5 Å². The van der Waals surface area contributed by atoms with Crippen LogP contribution in [0.15, 0.2) is 35.5 Å². The monoisotopic (exact) mass is 318 g/mol. The van der Waals surface area contributed by atoms with Gasteiger partial charge in [-0.05, 0) is 23.8 Å². The average molecular weight is 319 g/mol. The quantitative estimate of drug-likeness (QED) is 0.792. The van der Waals surface area contributed by atoms with Gasteiger partial charge in [-0.2, -0.15) is 5.10 Å². The summed E-state index contributed by atoms with van der Waals surface area (Å²) in [5, 5.41) is 4.01. The summed E-state index contributed by atoms with van der Waals surface area (Å²) < 4.78 is 42.8. The summed E-state index contributed by atoms with van der Waals surface area (Å²) in [7, 11) is 2.99. The van der Waals surface area contributed by atoms with Crippen LogP contribution in [0.3, 0.4) is 0 Å². The fraction of sp³-hybridized carbons (Fsp3) is 0.250. The lowest BCUT2D eigenvalue weighted by Crippen LogP contribution is -2.04. The first-order chi connectivity index (χ1) is 9.36. The van der Waals surface area contributed by atoms with E-state index in [0.29, 0.717) is 6.42 Å². The lowest BCUT2D eigenvalue weighted by atomic mass is 10.3. The third-order valence-electron chi connectivity index (χ3n) is 2.58. The zero-order valence-electron chi connectivity index (χ0n) is 10.6. The van der Waals surface area contributed by atoms with E-state index in [4.69, 9.17) is 15.4 Å². The van der Waals surface area contributed by atoms with Gasteiger partial charge in [0, 0.05) is 30.3 Å². The number of rotatable bonds is 5. The maximum Gasteiger partial charge on any atom is 0.265 e. The molecule has 0 saturated heterocycles. The van der Waals surface area contributed by atoms with Gasteiger partial charge >= 0.3 is 0 Å². The highest BCUT2D eigenvalue weighted by Gasteiger charge is 2.18. The van der Waals surface area contributed by atoms with Crippen LogP contribution >= 0.6 is 10.7 Å². The van der Waals surface area contributed by atoms with Crippen LogP contribution in [0.5, 0.6) is 5.75 Å². The van der Waals surface area contributed by atoms with E-state index in [9.17, 15) is 12.8 Å². The van der Waals surface area contributed by atoms with Gasteiger partial charge in [0.2, 0.25) is 0 Å². The predicted octanol–water partition coefficient (Wildman–Crippen LogP) is 2.11. The van der Waals surface area contributed by atoms with Gasteiger partial charge in [0.1, 0.15) is 16.5 Å². The van der Waals surface area contributed by atoms with Gasteiger partial charge < -0.3 is 4.74 Å². The molecule has 1 aromatic carbocycles. The molecule has 0 N–H and O–H groups in total. The Bertz CT molecular complexity index is 715. The van der Waals surface area contributed by atoms with Crippen molar-refractivity contribution in [2.45, 2.75) is 11.3 Å². The maximum absolute atomic E-state index is 13.1. The van der Waals surface area contributed by atoms with E-state index in [1.54, 1.807) is 17.9 Å². The largest absolute Gasteiger partial charge is 0.492 e. The molecule has 2 rings (SSSR count). The van der Waals surface area contributed by atoms with E-state index in [0.717, 1.165) is 17.7 Å². The lowest BCUT2D eigenvalue weighted by molar-refractivity contribution is 0.313. The molecule has 1 heterocycles. The number of ether oxygens (including phenoxy) is 1. The zero-order valence-corrected chi connectivity index (χ0v) is 12.2. The summed E-state index contributed by atoms with van der Waals surface area (Å²) in [6.07, 6.45) is 4.06. The molecule has 0 atom stereocenters. The minimum atomic E-state index is -4.06. The average Bonchev–Trinajstić information content (AvgIpc) is 2.76. The van der Waals surface area contributed by atoms with Gasteiger partial charge in [0.05, 0.1) is 12.8 Å². The van der Waals surface area contributed by atoms with Crippen LogP contribution in [0.2, 0.25) is 0 Å². The van der Waals surface area contributed by atoms with Crippen molar-refractivity contribution < 1.29 is 17.5 Å². The van der Waals surface area contributed by atoms with Crippen LogP contribution < -0.4 is 4.74 Å². The van der Waals surface area contributed by atoms with Gasteiger partial charge in [-0.3, -0.25) is 4.68 Å². The summed E-state index contributed by atoms with van der Waals surface area (Å²) in [6.45, 7) is 0.233. The molecular weight excluding hydrogens is 307 g/mol. The topological polar surface area (TPSA) is 61.2 Å². The SMILES string of the molecule is Cn1cc(CCOc2ccc(F)cc2S(=O)(=O)Cl)cn1. The molecule has 5 nitrogen and oxygen atoms in total. The minimum absolute atomic E-state index is 0.0327. The van der Waals surface area contributed by atoms with Crippen molar-refractivity contribution in [3.63, 3.8) is 0 Å². The van der Waals surface area contributed by atoms with Crippen molar-refractivity contribution in [2.24, 2.45) is 7.05 Å². The molecule has 0 radical (unpaired) electrons. The Kier molecular flexibility index (Phi) is 4.29. The molecule has 0 spiro atoms. The Morgan fingerprint density at radius 3 is 2.80 bits per heavy atom. The molecule has 0 aliphatic rings. The highest BCUT2D eigenvalue weighted by atomic mass is 35.7. The second-order valence-electron chi connectivity index (χ2n) is 4.15. The molecule has 0 bridgehead atoms. The van der Waals surface area contributed by atoms with E-state index >= 15 is 0 Å². The summed E-state index contributed by atoms with van der Waals surface area (Å²) in [5.74, 6) is -0.658. The van der Waals surface area contributed by atoms with Crippen molar-refractivity contribution in [2.75, 3.05) is 6.61 Å². The second-order valence-corrected chi connectivity index (χ2v) is 6.68. The van der Waals surface area contributed by atoms with Crippen molar-refractivity contribution in [3.05, 3.63) is 42.0 Å². The van der Waals surface area contributed by atoms with E-state index in [1.807, 2.05) is 6.20 Å². The number of hydrogen-bond donors (Lipinski definition) is 0. The fourth-order valence-electron chi connectivity index (χ4n) is 1.67. The summed E-state index contributed by atoms with van der Waals surface area (Å²) >= 11 is 0. The van der Waals surface area contributed by atoms with E-state index in [-0.39, 0.29) is 17.3 Å². The number of halogens is 2. The number of aryl methyl sites for hydroxylation is 1. The van der Waals surface area contributed by atoms with Crippen molar-refractivity contribution in [1.29, 1.82) is 0 Å². The minimum Gasteiger partial charge on any atom is -0.492 e. The van der Waals surface area contributed by atoms with Gasteiger partial charge in [-0.25, -0.2) is 12.8 Å². The smallest absolute Gasteiger partial charge is 0.265 e. The van der Waals surface area contributed by atoms with Gasteiger partial charge in [0.25, 0.3) is 9.05 Å². The Morgan fingerprint density at radius 1 is 1.45 bits per heavy atom. The van der Waals surface area contributed by atoms with E-state index in [2.05, 4.69) is 5.10 Å². The number of hydrogen-bond acceptors (Lipinski definition) is 4. The first-order valence-electron chi connectivity index (χ1n) is 5.71. The molecule has 0 amide bonds. The van der Waals surface area contributed by atoms with Crippen LogP contribution in [0.25, 0.3) is 0 Å². The maximum atomic E-state index is 13.1. The second kappa shape index (κ2) is 5.80. The first kappa shape index (κ1) is 14.8. The standard InChI is InChI=1S/C12H12ClFN2O3S/c1-16-8-9(7-15-16)4-5-19-11-3-2-10(14)6-12(11)20(13,17)18/h2-3,6-8H,4-5H2,1H3. The molecule has 1 aromatic heterocycles. The molecule has 0 saturated carbocycles. The van der Waals surface area contributed by atoms with Gasteiger partial charge in [-0.15, -0.1) is 0 Å². The van der Waals surface area contributed by atoms with Crippen molar-refractivity contribution in [1.82, 2.24) is 9.78 Å². The van der Waals surface area contributed by atoms with Gasteiger partial charge in [0.15, 0.2) is 0 Å². The third kappa shape index (κ3) is 3.71. The molecule has 108 valence electrons. The molecule has 0 fully saturated rings. The third-order valence-corrected chi connectivity index (χ3v) is 3.92. The Morgan fingerprint density at radius 2 is 2.20 bits per heavy atom. The summed E-state index contributed by atoms with van der Waals surface area (Å²) in [4.78, 5) is -0.370. The highest BCUT2D eigenvalue weighted by Crippen LogP contribution is 2.27. The molecular formula is C12H12ClFN2O3S. The number of aromatic nitrogens is 2. The Hall–Kier alpha value is -1.60. The number of nitrogens with zero attached hydrogens (tertiary/aromatic N) is 2. The predicted molar refractivity (Wildman–Crippen MR) is 71.8 cm³/mol. The molecule has 0 aliphatic heterocycles. The molecule has 2 aromatic rings. The molecule has 0 aliphatic carbocycles. The van der Waals surface area contributed by atoms with Crippen LogP contribution in [0.1, 0.15) is 5.56 Å². The van der Waals surface area contributed by atoms with Crippen LogP contribution in [0, 0.1) is 5.82 Å². The summed E-state index contributed by atoms with van der Waals surface area (Å²) in [5.41, 5.74) is 0.949. The molecule has 20 heavy (non-hydrogen) atoms. The number of benzene rings is 1. The van der Waals surface area contributed by atoms with Crippen molar-refractivity contribution in [3.8, 4) is 5.75 Å². The molecule has 0 unspecified atom stereocenters. The first-order valence-corrected chi connectivity index (χ1v) is 8.02. The zero-order chi connectivity index (χ0) is 14.8. The van der Waals surface area contributed by atoms with Crippen molar-refractivity contribution >= 4 is 19.7 Å². The normalized spacial score (nSPS) is 11.6. The Balaban J connectivity index is 2.10. The van der Waals surface area contributed by atoms with E-state index in [1.165, 1.54) is 6.07 Å². The molecule has 8 heteroatoms. The lowest BCUT2D eigenvalue weighted by Gasteiger charge is -2.09. The van der Waals surface area contributed by atoms with E-state index < -0.39 is 14.9 Å². The van der Waals surface area contributed by atoms with Crippen LogP contribution in [0.4, 0.5) is 4.39 Å². The highest BCUT2D eigenvalue weighted by molar-refractivity contribution is 8.13. The summed E-state index contributed by atoms with van der Waals surface area (Å²) in [6, 6.07) is 3.19.